The molecule has 92 valence electrons. The zero-order chi connectivity index (χ0) is 12.5. The highest BCUT2D eigenvalue weighted by Gasteiger charge is 2.09. The van der Waals surface area contributed by atoms with Gasteiger partial charge in [-0.05, 0) is 24.6 Å². The van der Waals surface area contributed by atoms with E-state index in [1.165, 1.54) is 4.88 Å². The largest absolute Gasteiger partial charge is 0.365 e. The lowest BCUT2D eigenvalue weighted by molar-refractivity contribution is 1.09. The molecule has 0 unspecified atom stereocenters. The topological polar surface area (TPSA) is 66.5 Å². The Labute approximate surface area is 112 Å². The Morgan fingerprint density at radius 3 is 3.11 bits per heavy atom. The summed E-state index contributed by atoms with van der Waals surface area (Å²) >= 11 is 7.53. The van der Waals surface area contributed by atoms with Crippen LogP contribution in [0.5, 0.6) is 0 Å². The van der Waals surface area contributed by atoms with E-state index >= 15 is 0 Å². The summed E-state index contributed by atoms with van der Waals surface area (Å²) in [5.74, 6) is 0.760. The highest BCUT2D eigenvalue weighted by Crippen LogP contribution is 2.29. The minimum atomic E-state index is 0.263. The summed E-state index contributed by atoms with van der Waals surface area (Å²) in [7, 11) is 0. The molecule has 7 heteroatoms. The van der Waals surface area contributed by atoms with Gasteiger partial charge < -0.3 is 5.32 Å². The summed E-state index contributed by atoms with van der Waals surface area (Å²) in [5, 5.41) is 11.2. The van der Waals surface area contributed by atoms with Gasteiger partial charge in [-0.3, -0.25) is 5.10 Å². The number of nitrogens with one attached hydrogen (secondary N) is 2. The van der Waals surface area contributed by atoms with Gasteiger partial charge >= 0.3 is 0 Å². The fourth-order valence-corrected chi connectivity index (χ4v) is 2.81. The van der Waals surface area contributed by atoms with Crippen molar-refractivity contribution in [3.05, 3.63) is 34.2 Å². The number of aryl methyl sites for hydroxylation is 1. The van der Waals surface area contributed by atoms with Crippen molar-refractivity contribution in [2.24, 2.45) is 0 Å². The molecule has 0 saturated carbocycles. The molecule has 0 aromatic carbocycles. The Morgan fingerprint density at radius 2 is 2.33 bits per heavy atom. The summed E-state index contributed by atoms with van der Waals surface area (Å²) in [6.07, 6.45) is 3.61. The maximum atomic E-state index is 5.92. The molecule has 0 atom stereocenters. The Bertz CT molecular complexity index is 676. The first-order valence-electron chi connectivity index (χ1n) is 5.37. The van der Waals surface area contributed by atoms with Crippen LogP contribution in [0.15, 0.2) is 18.5 Å². The number of hydrogen-bond donors (Lipinski definition) is 2. The number of anilines is 1. The third-order valence-electron chi connectivity index (χ3n) is 2.50. The lowest BCUT2D eigenvalue weighted by atomic mass is 10.3. The minimum Gasteiger partial charge on any atom is -0.365 e. The number of aromatic nitrogens is 4. The van der Waals surface area contributed by atoms with Gasteiger partial charge in [-0.2, -0.15) is 5.10 Å². The molecule has 0 fully saturated rings. The summed E-state index contributed by atoms with van der Waals surface area (Å²) in [4.78, 5) is 10.5. The fraction of sp³-hybridized carbons (Fsp3) is 0.182. The normalized spacial score (nSPS) is 11.0. The van der Waals surface area contributed by atoms with Crippen molar-refractivity contribution in [2.45, 2.75) is 13.5 Å². The quantitative estimate of drug-likeness (QED) is 0.723. The molecule has 3 aromatic heterocycles. The van der Waals surface area contributed by atoms with E-state index in [2.05, 4.69) is 31.5 Å². The molecule has 0 spiro atoms. The molecule has 3 heterocycles. The summed E-state index contributed by atoms with van der Waals surface area (Å²) in [6, 6.07) is 2.06. The summed E-state index contributed by atoms with van der Waals surface area (Å²) in [5.41, 5.74) is 1.06. The lowest BCUT2D eigenvalue weighted by Gasteiger charge is -2.05. The second-order valence-corrected chi connectivity index (χ2v) is 5.45. The van der Waals surface area contributed by atoms with Gasteiger partial charge in [-0.1, -0.05) is 0 Å². The highest BCUT2D eigenvalue weighted by molar-refractivity contribution is 7.18. The number of aromatic amines is 1. The van der Waals surface area contributed by atoms with E-state index in [9.17, 15) is 0 Å². The van der Waals surface area contributed by atoms with E-state index in [0.29, 0.717) is 6.54 Å². The van der Waals surface area contributed by atoms with Crippen LogP contribution in [0.3, 0.4) is 0 Å². The van der Waals surface area contributed by atoms with Crippen molar-refractivity contribution in [1.82, 2.24) is 20.2 Å². The van der Waals surface area contributed by atoms with E-state index in [-0.39, 0.29) is 5.28 Å². The average Bonchev–Trinajstić information content (AvgIpc) is 2.93. The first kappa shape index (κ1) is 11.4. The third kappa shape index (κ3) is 2.16. The van der Waals surface area contributed by atoms with Crippen LogP contribution in [0.4, 0.5) is 5.82 Å². The average molecular weight is 280 g/mol. The van der Waals surface area contributed by atoms with Gasteiger partial charge in [0.05, 0.1) is 11.6 Å². The van der Waals surface area contributed by atoms with Gasteiger partial charge in [0.25, 0.3) is 0 Å². The van der Waals surface area contributed by atoms with Crippen molar-refractivity contribution in [1.29, 1.82) is 0 Å². The Hall–Kier alpha value is -1.66. The summed E-state index contributed by atoms with van der Waals surface area (Å²) < 4.78 is 0. The monoisotopic (exact) mass is 279 g/mol. The van der Waals surface area contributed by atoms with Gasteiger partial charge in [0.1, 0.15) is 10.6 Å². The number of H-pyrrole nitrogens is 1. The van der Waals surface area contributed by atoms with Crippen LogP contribution in [0.1, 0.15) is 10.4 Å². The van der Waals surface area contributed by atoms with Crippen LogP contribution in [-0.2, 0) is 6.54 Å². The second kappa shape index (κ2) is 4.55. The van der Waals surface area contributed by atoms with Crippen molar-refractivity contribution >= 4 is 39.0 Å². The molecule has 0 aliphatic carbocycles. The molecular formula is C11H10ClN5S. The number of nitrogens with zero attached hydrogens (tertiary/aromatic N) is 3. The number of halogens is 1. The molecule has 2 N–H and O–H groups in total. The maximum absolute atomic E-state index is 5.92. The summed E-state index contributed by atoms with van der Waals surface area (Å²) in [6.45, 7) is 2.69. The molecule has 0 aliphatic rings. The van der Waals surface area contributed by atoms with Crippen LogP contribution in [-0.4, -0.2) is 20.2 Å². The maximum Gasteiger partial charge on any atom is 0.225 e. The SMILES string of the molecule is Cc1cc2c(NCc3cn[nH]c3)nc(Cl)nc2s1. The molecule has 3 aromatic rings. The zero-order valence-electron chi connectivity index (χ0n) is 9.57. The van der Waals surface area contributed by atoms with Crippen molar-refractivity contribution in [3.8, 4) is 0 Å². The lowest BCUT2D eigenvalue weighted by Crippen LogP contribution is -2.01. The Morgan fingerprint density at radius 1 is 1.44 bits per heavy atom. The molecule has 5 nitrogen and oxygen atoms in total. The second-order valence-electron chi connectivity index (χ2n) is 3.88. The van der Waals surface area contributed by atoms with Crippen molar-refractivity contribution in [2.75, 3.05) is 5.32 Å². The Kier molecular flexibility index (Phi) is 2.89. The number of thiophene rings is 1. The smallest absolute Gasteiger partial charge is 0.225 e. The van der Waals surface area contributed by atoms with Crippen LogP contribution >= 0.6 is 22.9 Å². The van der Waals surface area contributed by atoms with Crippen LogP contribution in [0, 0.1) is 6.92 Å². The van der Waals surface area contributed by atoms with E-state index in [4.69, 9.17) is 11.6 Å². The Balaban J connectivity index is 1.95. The number of hydrogen-bond acceptors (Lipinski definition) is 5. The predicted octanol–water partition coefficient (Wildman–Crippen LogP) is 2.99. The molecule has 0 aliphatic heterocycles. The van der Waals surface area contributed by atoms with Crippen LogP contribution in [0.25, 0.3) is 10.2 Å². The van der Waals surface area contributed by atoms with Gasteiger partial charge in [0.15, 0.2) is 0 Å². The van der Waals surface area contributed by atoms with Crippen molar-refractivity contribution < 1.29 is 0 Å². The molecule has 18 heavy (non-hydrogen) atoms. The minimum absolute atomic E-state index is 0.263. The molecule has 0 amide bonds. The van der Waals surface area contributed by atoms with Gasteiger partial charge in [0.2, 0.25) is 5.28 Å². The van der Waals surface area contributed by atoms with E-state index < -0.39 is 0 Å². The number of fused-ring (bicyclic) bond motifs is 1. The van der Waals surface area contributed by atoms with E-state index in [1.54, 1.807) is 17.5 Å². The molecule has 0 bridgehead atoms. The highest BCUT2D eigenvalue weighted by atomic mass is 35.5. The van der Waals surface area contributed by atoms with E-state index in [0.717, 1.165) is 21.6 Å². The molecule has 0 radical (unpaired) electrons. The van der Waals surface area contributed by atoms with Crippen molar-refractivity contribution in [3.63, 3.8) is 0 Å². The molecule has 3 rings (SSSR count). The number of rotatable bonds is 3. The van der Waals surface area contributed by atoms with E-state index in [1.807, 2.05) is 13.1 Å². The van der Waals surface area contributed by atoms with Gasteiger partial charge in [-0.15, -0.1) is 11.3 Å². The third-order valence-corrected chi connectivity index (χ3v) is 3.62. The predicted molar refractivity (Wildman–Crippen MR) is 73.1 cm³/mol. The zero-order valence-corrected chi connectivity index (χ0v) is 11.1. The molecule has 0 saturated heterocycles. The van der Waals surface area contributed by atoms with Gasteiger partial charge in [0, 0.05) is 23.2 Å². The standard InChI is InChI=1S/C11H10ClN5S/c1-6-2-8-9(13-3-7-4-14-15-5-7)16-11(12)17-10(8)18-6/h2,4-5H,3H2,1H3,(H,14,15)(H,13,16,17). The fourth-order valence-electron chi connectivity index (χ4n) is 1.71. The first-order valence-corrected chi connectivity index (χ1v) is 6.57. The van der Waals surface area contributed by atoms with Gasteiger partial charge in [-0.25, -0.2) is 9.97 Å². The van der Waals surface area contributed by atoms with Crippen LogP contribution < -0.4 is 5.32 Å². The molecular weight excluding hydrogens is 270 g/mol. The van der Waals surface area contributed by atoms with Crippen LogP contribution in [0.2, 0.25) is 5.28 Å². The first-order chi connectivity index (χ1) is 8.72.